The molecule has 1 aliphatic rings. The molecule has 4 heterocycles. The molecule has 5 rings (SSSR count). The Balaban J connectivity index is 1.65. The zero-order valence-electron chi connectivity index (χ0n) is 15.2. The van der Waals surface area contributed by atoms with Gasteiger partial charge in [-0.15, -0.1) is 11.3 Å². The summed E-state index contributed by atoms with van der Waals surface area (Å²) in [6.07, 6.45) is 5.69. The third-order valence-corrected chi connectivity index (χ3v) is 6.30. The molecular weight excluding hydrogens is 352 g/mol. The van der Waals surface area contributed by atoms with Crippen molar-refractivity contribution in [2.45, 2.75) is 26.3 Å². The van der Waals surface area contributed by atoms with E-state index in [0.717, 1.165) is 48.0 Å². The molecule has 0 bridgehead atoms. The summed E-state index contributed by atoms with van der Waals surface area (Å²) in [6, 6.07) is 14.9. The highest BCUT2D eigenvalue weighted by Gasteiger charge is 2.22. The molecule has 0 saturated heterocycles. The Morgan fingerprint density at radius 2 is 1.96 bits per heavy atom. The Labute approximate surface area is 162 Å². The van der Waals surface area contributed by atoms with E-state index in [1.807, 2.05) is 18.3 Å². The third-order valence-electron chi connectivity index (χ3n) is 5.12. The topological polar surface area (TPSA) is 41.9 Å². The average Bonchev–Trinajstić information content (AvgIpc) is 3.16. The molecule has 4 nitrogen and oxygen atoms in total. The number of pyridine rings is 1. The van der Waals surface area contributed by atoms with E-state index in [4.69, 9.17) is 9.97 Å². The van der Waals surface area contributed by atoms with E-state index < -0.39 is 0 Å². The second kappa shape index (κ2) is 6.74. The lowest BCUT2D eigenvalue weighted by Gasteiger charge is -2.30. The van der Waals surface area contributed by atoms with Gasteiger partial charge in [-0.05, 0) is 42.2 Å². The van der Waals surface area contributed by atoms with Crippen LogP contribution < -0.4 is 4.90 Å². The molecule has 0 fully saturated rings. The fourth-order valence-corrected chi connectivity index (χ4v) is 4.63. The number of hydrogen-bond acceptors (Lipinski definition) is 5. The number of aryl methyl sites for hydroxylation is 1. The minimum atomic E-state index is 0.758. The molecule has 1 aromatic carbocycles. The molecule has 27 heavy (non-hydrogen) atoms. The van der Waals surface area contributed by atoms with Gasteiger partial charge in [0.05, 0.1) is 5.39 Å². The number of rotatable bonds is 3. The number of nitrogens with zero attached hydrogens (tertiary/aromatic N) is 4. The van der Waals surface area contributed by atoms with Crippen LogP contribution in [0, 0.1) is 0 Å². The van der Waals surface area contributed by atoms with Gasteiger partial charge in [-0.1, -0.05) is 31.2 Å². The molecule has 5 heteroatoms. The van der Waals surface area contributed by atoms with Crippen LogP contribution in [0.5, 0.6) is 0 Å². The third kappa shape index (κ3) is 2.98. The van der Waals surface area contributed by atoms with E-state index in [-0.39, 0.29) is 0 Å². The van der Waals surface area contributed by atoms with E-state index >= 15 is 0 Å². The molecule has 0 radical (unpaired) electrons. The van der Waals surface area contributed by atoms with E-state index in [0.29, 0.717) is 0 Å². The van der Waals surface area contributed by atoms with Gasteiger partial charge in [0.15, 0.2) is 5.82 Å². The molecule has 4 aromatic rings. The molecule has 0 aliphatic carbocycles. The van der Waals surface area contributed by atoms with Gasteiger partial charge in [0.1, 0.15) is 10.6 Å². The first-order valence-corrected chi connectivity index (χ1v) is 10.2. The highest BCUT2D eigenvalue weighted by Crippen LogP contribution is 2.35. The van der Waals surface area contributed by atoms with E-state index in [1.165, 1.54) is 21.4 Å². The van der Waals surface area contributed by atoms with Crippen LogP contribution in [0.15, 0.2) is 54.9 Å². The first-order chi connectivity index (χ1) is 13.3. The summed E-state index contributed by atoms with van der Waals surface area (Å²) in [5.74, 6) is 1.80. The van der Waals surface area contributed by atoms with Crippen LogP contribution in [-0.2, 0) is 19.4 Å². The van der Waals surface area contributed by atoms with Gasteiger partial charge < -0.3 is 4.90 Å². The van der Waals surface area contributed by atoms with Gasteiger partial charge in [0.2, 0.25) is 0 Å². The van der Waals surface area contributed by atoms with Crippen molar-refractivity contribution < 1.29 is 0 Å². The Kier molecular flexibility index (Phi) is 4.09. The van der Waals surface area contributed by atoms with Gasteiger partial charge in [0.25, 0.3) is 0 Å². The molecule has 0 N–H and O–H groups in total. The smallest absolute Gasteiger partial charge is 0.164 e. The standard InChI is InChI=1S/C22H20N4S/c1-2-18-12-19-21(26-11-9-15-6-3-4-7-17(15)14-26)24-20(25-22(19)27-18)16-8-5-10-23-13-16/h3-8,10,12-13H,2,9,11,14H2,1H3. The fourth-order valence-electron chi connectivity index (χ4n) is 3.67. The van der Waals surface area contributed by atoms with Crippen molar-refractivity contribution in [3.8, 4) is 11.4 Å². The normalized spacial score (nSPS) is 13.7. The van der Waals surface area contributed by atoms with Crippen LogP contribution >= 0.6 is 11.3 Å². The summed E-state index contributed by atoms with van der Waals surface area (Å²) in [7, 11) is 0. The lowest BCUT2D eigenvalue weighted by atomic mass is 10.00. The van der Waals surface area contributed by atoms with Gasteiger partial charge in [-0.25, -0.2) is 9.97 Å². The second-order valence-corrected chi connectivity index (χ2v) is 7.95. The highest BCUT2D eigenvalue weighted by atomic mass is 32.1. The quantitative estimate of drug-likeness (QED) is 0.514. The van der Waals surface area contributed by atoms with E-state index in [1.54, 1.807) is 17.5 Å². The molecule has 0 saturated carbocycles. The lowest BCUT2D eigenvalue weighted by molar-refractivity contribution is 0.724. The molecule has 0 spiro atoms. The Morgan fingerprint density at radius 1 is 1.07 bits per heavy atom. The average molecular weight is 372 g/mol. The predicted molar refractivity (Wildman–Crippen MR) is 111 cm³/mol. The van der Waals surface area contributed by atoms with Gasteiger partial charge >= 0.3 is 0 Å². The lowest BCUT2D eigenvalue weighted by Crippen LogP contribution is -2.31. The van der Waals surface area contributed by atoms with Crippen LogP contribution in [0.4, 0.5) is 5.82 Å². The predicted octanol–water partition coefficient (Wildman–Crippen LogP) is 4.88. The van der Waals surface area contributed by atoms with Gasteiger partial charge in [0, 0.05) is 35.9 Å². The van der Waals surface area contributed by atoms with Crippen LogP contribution in [0.25, 0.3) is 21.6 Å². The van der Waals surface area contributed by atoms with Crippen LogP contribution in [0.3, 0.4) is 0 Å². The number of hydrogen-bond donors (Lipinski definition) is 0. The summed E-state index contributed by atoms with van der Waals surface area (Å²) in [4.78, 5) is 18.9. The van der Waals surface area contributed by atoms with E-state index in [9.17, 15) is 0 Å². The van der Waals surface area contributed by atoms with Crippen molar-refractivity contribution in [2.75, 3.05) is 11.4 Å². The van der Waals surface area contributed by atoms with Crippen molar-refractivity contribution in [1.29, 1.82) is 0 Å². The largest absolute Gasteiger partial charge is 0.351 e. The summed E-state index contributed by atoms with van der Waals surface area (Å²) in [5, 5.41) is 1.17. The SMILES string of the molecule is CCc1cc2c(N3CCc4ccccc4C3)nc(-c3cccnc3)nc2s1. The fraction of sp³-hybridized carbons (Fsp3) is 0.227. The minimum Gasteiger partial charge on any atom is -0.351 e. The first kappa shape index (κ1) is 16.4. The zero-order valence-corrected chi connectivity index (χ0v) is 16.0. The molecular formula is C22H20N4S. The first-order valence-electron chi connectivity index (χ1n) is 9.34. The van der Waals surface area contributed by atoms with Crippen molar-refractivity contribution in [2.24, 2.45) is 0 Å². The molecule has 0 atom stereocenters. The van der Waals surface area contributed by atoms with Crippen molar-refractivity contribution in [3.63, 3.8) is 0 Å². The summed E-state index contributed by atoms with van der Waals surface area (Å²) >= 11 is 1.77. The molecule has 3 aromatic heterocycles. The molecule has 0 amide bonds. The maximum absolute atomic E-state index is 5.00. The summed E-state index contributed by atoms with van der Waals surface area (Å²) in [6.45, 7) is 4.07. The number of anilines is 1. The maximum Gasteiger partial charge on any atom is 0.164 e. The van der Waals surface area contributed by atoms with Crippen molar-refractivity contribution in [1.82, 2.24) is 15.0 Å². The Morgan fingerprint density at radius 3 is 2.78 bits per heavy atom. The maximum atomic E-state index is 5.00. The van der Waals surface area contributed by atoms with Crippen LogP contribution in [0.1, 0.15) is 22.9 Å². The summed E-state index contributed by atoms with van der Waals surface area (Å²) in [5.41, 5.74) is 3.81. The van der Waals surface area contributed by atoms with Crippen LogP contribution in [0.2, 0.25) is 0 Å². The monoisotopic (exact) mass is 372 g/mol. The minimum absolute atomic E-state index is 0.758. The van der Waals surface area contributed by atoms with E-state index in [2.05, 4.69) is 47.1 Å². The van der Waals surface area contributed by atoms with Gasteiger partial charge in [-0.3, -0.25) is 4.98 Å². The van der Waals surface area contributed by atoms with Crippen molar-refractivity contribution >= 4 is 27.4 Å². The Bertz CT molecular complexity index is 1100. The number of thiophene rings is 1. The van der Waals surface area contributed by atoms with Crippen molar-refractivity contribution in [3.05, 3.63) is 70.9 Å². The Hall–Kier alpha value is -2.79. The highest BCUT2D eigenvalue weighted by molar-refractivity contribution is 7.18. The molecule has 0 unspecified atom stereocenters. The number of fused-ring (bicyclic) bond motifs is 2. The molecule has 1 aliphatic heterocycles. The second-order valence-electron chi connectivity index (χ2n) is 6.84. The van der Waals surface area contributed by atoms with Gasteiger partial charge in [-0.2, -0.15) is 0 Å². The molecule has 134 valence electrons. The zero-order chi connectivity index (χ0) is 18.2. The summed E-state index contributed by atoms with van der Waals surface area (Å²) < 4.78 is 0. The number of benzene rings is 1. The number of aromatic nitrogens is 3. The van der Waals surface area contributed by atoms with Crippen LogP contribution in [-0.4, -0.2) is 21.5 Å².